The first-order chi connectivity index (χ1) is 5.66. The molecule has 0 bridgehead atoms. The summed E-state index contributed by atoms with van der Waals surface area (Å²) in [6, 6.07) is 0. The van der Waals surface area contributed by atoms with Gasteiger partial charge in [0.1, 0.15) is 0 Å². The average Bonchev–Trinajstić information content (AvgIpc) is 2.03. The Morgan fingerprint density at radius 3 is 2.67 bits per heavy atom. The third kappa shape index (κ3) is 1.24. The second-order valence-corrected chi connectivity index (χ2v) is 2.11. The average molecular weight is 166 g/mol. The van der Waals surface area contributed by atoms with Gasteiger partial charge in [-0.15, -0.1) is 0 Å². The van der Waals surface area contributed by atoms with Crippen LogP contribution in [0, 0.1) is 0 Å². The number of carbonyl (C=O) groups is 2. The number of aromatic nitrogens is 1. The monoisotopic (exact) mass is 166 g/mol. The van der Waals surface area contributed by atoms with Crippen molar-refractivity contribution in [2.75, 3.05) is 5.73 Å². The topological polar surface area (TPSA) is 93.3 Å². The van der Waals surface area contributed by atoms with Crippen LogP contribution in [0.3, 0.4) is 0 Å². The van der Waals surface area contributed by atoms with Gasteiger partial charge in [-0.1, -0.05) is 0 Å². The van der Waals surface area contributed by atoms with Gasteiger partial charge in [-0.2, -0.15) is 0 Å². The summed E-state index contributed by atoms with van der Waals surface area (Å²) in [7, 11) is 0. The molecule has 0 aliphatic carbocycles. The predicted molar refractivity (Wildman–Crippen MR) is 41.0 cm³/mol. The van der Waals surface area contributed by atoms with E-state index in [9.17, 15) is 9.59 Å². The van der Waals surface area contributed by atoms with Gasteiger partial charge in [0.05, 0.1) is 23.0 Å². The maximum atomic E-state index is 10.5. The van der Waals surface area contributed by atoms with E-state index in [1.165, 1.54) is 6.20 Å². The van der Waals surface area contributed by atoms with E-state index in [4.69, 9.17) is 10.8 Å². The van der Waals surface area contributed by atoms with Gasteiger partial charge in [0.25, 0.3) is 0 Å². The standard InChI is InChI=1S/C7H6N2O3/c8-6-2-9-1-4(7(11)12)5(6)3-10/h1-3H,8H2,(H,11,12). The molecule has 3 N–H and O–H groups in total. The Balaban J connectivity index is 3.37. The van der Waals surface area contributed by atoms with E-state index in [1.807, 2.05) is 0 Å². The highest BCUT2D eigenvalue weighted by Crippen LogP contribution is 2.12. The molecule has 0 saturated carbocycles. The molecule has 1 heterocycles. The molecule has 0 amide bonds. The zero-order chi connectivity index (χ0) is 9.14. The van der Waals surface area contributed by atoms with Gasteiger partial charge in [-0.25, -0.2) is 4.79 Å². The van der Waals surface area contributed by atoms with Crippen LogP contribution in [-0.2, 0) is 0 Å². The van der Waals surface area contributed by atoms with Crippen LogP contribution in [0.4, 0.5) is 5.69 Å². The van der Waals surface area contributed by atoms with Gasteiger partial charge in [-0.3, -0.25) is 9.78 Å². The molecular formula is C7H6N2O3. The van der Waals surface area contributed by atoms with Gasteiger partial charge in [0, 0.05) is 6.20 Å². The van der Waals surface area contributed by atoms with E-state index in [0.717, 1.165) is 6.20 Å². The summed E-state index contributed by atoms with van der Waals surface area (Å²) in [6.07, 6.45) is 2.72. The van der Waals surface area contributed by atoms with Crippen LogP contribution < -0.4 is 5.73 Å². The third-order valence-electron chi connectivity index (χ3n) is 1.37. The number of nitrogens with zero attached hydrogens (tertiary/aromatic N) is 1. The Bertz CT molecular complexity index is 335. The first-order valence-electron chi connectivity index (χ1n) is 3.08. The molecule has 0 aliphatic heterocycles. The Kier molecular flexibility index (Phi) is 2.05. The van der Waals surface area contributed by atoms with E-state index in [2.05, 4.69) is 4.98 Å². The van der Waals surface area contributed by atoms with E-state index >= 15 is 0 Å². The maximum Gasteiger partial charge on any atom is 0.338 e. The summed E-state index contributed by atoms with van der Waals surface area (Å²) >= 11 is 0. The fourth-order valence-corrected chi connectivity index (χ4v) is 0.789. The number of nitrogens with two attached hydrogens (primary N) is 1. The molecule has 5 heteroatoms. The van der Waals surface area contributed by atoms with Crippen molar-refractivity contribution in [1.29, 1.82) is 0 Å². The van der Waals surface area contributed by atoms with Crippen LogP contribution in [0.25, 0.3) is 0 Å². The van der Waals surface area contributed by atoms with Crippen LogP contribution in [0.15, 0.2) is 12.4 Å². The first kappa shape index (κ1) is 8.19. The smallest absolute Gasteiger partial charge is 0.338 e. The number of carboxylic acid groups (broad SMARTS) is 1. The predicted octanol–water partition coefficient (Wildman–Crippen LogP) is 0.175. The molecule has 0 atom stereocenters. The van der Waals surface area contributed by atoms with Crippen molar-refractivity contribution >= 4 is 17.9 Å². The Hall–Kier alpha value is -1.91. The fourth-order valence-electron chi connectivity index (χ4n) is 0.789. The minimum absolute atomic E-state index is 0.0301. The zero-order valence-electron chi connectivity index (χ0n) is 6.02. The highest BCUT2D eigenvalue weighted by Gasteiger charge is 2.11. The summed E-state index contributed by atoms with van der Waals surface area (Å²) in [5.74, 6) is -1.21. The fraction of sp³-hybridized carbons (Fsp3) is 0. The van der Waals surface area contributed by atoms with Crippen molar-refractivity contribution in [3.05, 3.63) is 23.5 Å². The molecule has 1 aromatic rings. The number of aldehydes is 1. The molecule has 0 aromatic carbocycles. The van der Waals surface area contributed by atoms with Gasteiger partial charge in [-0.05, 0) is 0 Å². The van der Waals surface area contributed by atoms with E-state index in [1.54, 1.807) is 0 Å². The Morgan fingerprint density at radius 2 is 2.25 bits per heavy atom. The molecular weight excluding hydrogens is 160 g/mol. The third-order valence-corrected chi connectivity index (χ3v) is 1.37. The number of hydrogen-bond donors (Lipinski definition) is 2. The second kappa shape index (κ2) is 3.00. The van der Waals surface area contributed by atoms with Crippen molar-refractivity contribution in [2.24, 2.45) is 0 Å². The molecule has 5 nitrogen and oxygen atoms in total. The van der Waals surface area contributed by atoms with Crippen LogP contribution in [-0.4, -0.2) is 22.3 Å². The van der Waals surface area contributed by atoms with E-state index < -0.39 is 5.97 Å². The summed E-state index contributed by atoms with van der Waals surface area (Å²) in [5, 5.41) is 8.57. The molecule has 0 saturated heterocycles. The van der Waals surface area contributed by atoms with Gasteiger partial charge >= 0.3 is 5.97 Å². The zero-order valence-corrected chi connectivity index (χ0v) is 6.02. The molecule has 1 aromatic heterocycles. The lowest BCUT2D eigenvalue weighted by atomic mass is 10.1. The molecule has 0 fully saturated rings. The van der Waals surface area contributed by atoms with Crippen molar-refractivity contribution in [3.8, 4) is 0 Å². The number of carbonyl (C=O) groups excluding carboxylic acids is 1. The van der Waals surface area contributed by atoms with Crippen molar-refractivity contribution < 1.29 is 14.7 Å². The van der Waals surface area contributed by atoms with Crippen molar-refractivity contribution in [2.45, 2.75) is 0 Å². The maximum absolute atomic E-state index is 10.5. The number of hydrogen-bond acceptors (Lipinski definition) is 4. The largest absolute Gasteiger partial charge is 0.478 e. The number of rotatable bonds is 2. The first-order valence-corrected chi connectivity index (χ1v) is 3.08. The molecule has 12 heavy (non-hydrogen) atoms. The lowest BCUT2D eigenvalue weighted by Gasteiger charge is -2.00. The van der Waals surface area contributed by atoms with Gasteiger partial charge < -0.3 is 10.8 Å². The summed E-state index contributed by atoms with van der Waals surface area (Å²) in [6.45, 7) is 0. The number of nitrogen functional groups attached to an aromatic ring is 1. The summed E-state index contributed by atoms with van der Waals surface area (Å²) < 4.78 is 0. The Morgan fingerprint density at radius 1 is 1.58 bits per heavy atom. The second-order valence-electron chi connectivity index (χ2n) is 2.11. The number of carboxylic acids is 1. The van der Waals surface area contributed by atoms with Crippen molar-refractivity contribution in [3.63, 3.8) is 0 Å². The molecule has 0 aliphatic rings. The van der Waals surface area contributed by atoms with E-state index in [-0.39, 0.29) is 16.8 Å². The van der Waals surface area contributed by atoms with Crippen LogP contribution in [0.2, 0.25) is 0 Å². The number of aromatic carboxylic acids is 1. The van der Waals surface area contributed by atoms with E-state index in [0.29, 0.717) is 6.29 Å². The lowest BCUT2D eigenvalue weighted by Crippen LogP contribution is -2.05. The van der Waals surface area contributed by atoms with Crippen LogP contribution in [0.5, 0.6) is 0 Å². The Labute approximate surface area is 67.8 Å². The number of anilines is 1. The SMILES string of the molecule is Nc1cncc(C(=O)O)c1C=O. The summed E-state index contributed by atoms with van der Waals surface area (Å²) in [5.41, 5.74) is 5.18. The van der Waals surface area contributed by atoms with Gasteiger partial charge in [0.15, 0.2) is 6.29 Å². The highest BCUT2D eigenvalue weighted by molar-refractivity contribution is 6.00. The molecule has 1 rings (SSSR count). The van der Waals surface area contributed by atoms with Crippen LogP contribution >= 0.6 is 0 Å². The molecule has 62 valence electrons. The molecule has 0 unspecified atom stereocenters. The minimum atomic E-state index is -1.21. The molecule has 0 radical (unpaired) electrons. The lowest BCUT2D eigenvalue weighted by molar-refractivity contribution is 0.0693. The normalized spacial score (nSPS) is 9.33. The highest BCUT2D eigenvalue weighted by atomic mass is 16.4. The quantitative estimate of drug-likeness (QED) is 0.611. The summed E-state index contributed by atoms with van der Waals surface area (Å²) in [4.78, 5) is 24.4. The van der Waals surface area contributed by atoms with Crippen molar-refractivity contribution in [1.82, 2.24) is 4.98 Å². The van der Waals surface area contributed by atoms with Gasteiger partial charge in [0.2, 0.25) is 0 Å². The number of pyridine rings is 1. The van der Waals surface area contributed by atoms with Crippen LogP contribution in [0.1, 0.15) is 20.7 Å². The minimum Gasteiger partial charge on any atom is -0.478 e. The molecule has 0 spiro atoms.